The molecular formula is C8H10BrF6NO. The smallest absolute Gasteiger partial charge is 0.341 e. The first-order chi connectivity index (χ1) is 7.55. The number of nitrogens with zero attached hydrogens (tertiary/aromatic N) is 1. The van der Waals surface area contributed by atoms with Crippen molar-refractivity contribution in [2.75, 3.05) is 18.4 Å². The monoisotopic (exact) mass is 329 g/mol. The third-order valence-corrected chi connectivity index (χ3v) is 2.30. The summed E-state index contributed by atoms with van der Waals surface area (Å²) in [7, 11) is 0. The molecule has 0 atom stereocenters. The van der Waals surface area contributed by atoms with Gasteiger partial charge in [-0.2, -0.15) is 26.3 Å². The van der Waals surface area contributed by atoms with Crippen LogP contribution in [0.25, 0.3) is 0 Å². The Morgan fingerprint density at radius 3 is 1.82 bits per heavy atom. The minimum atomic E-state index is -5.63. The summed E-state index contributed by atoms with van der Waals surface area (Å²) in [5.41, 5.74) is 0. The van der Waals surface area contributed by atoms with E-state index in [4.69, 9.17) is 0 Å². The molecule has 0 heterocycles. The second-order valence-corrected chi connectivity index (χ2v) is 3.92. The van der Waals surface area contributed by atoms with Crippen molar-refractivity contribution >= 4 is 21.8 Å². The molecule has 0 aliphatic heterocycles. The van der Waals surface area contributed by atoms with Crippen LogP contribution in [0.1, 0.15) is 6.92 Å². The van der Waals surface area contributed by atoms with Gasteiger partial charge in [-0.1, -0.05) is 15.9 Å². The highest BCUT2D eigenvalue weighted by atomic mass is 79.9. The van der Waals surface area contributed by atoms with Crippen LogP contribution >= 0.6 is 15.9 Å². The van der Waals surface area contributed by atoms with E-state index in [0.29, 0.717) is 4.90 Å². The highest BCUT2D eigenvalue weighted by molar-refractivity contribution is 9.09. The highest BCUT2D eigenvalue weighted by Gasteiger charge is 2.61. The molecule has 0 N–H and O–H groups in total. The van der Waals surface area contributed by atoms with E-state index in [1.54, 1.807) is 0 Å². The fourth-order valence-electron chi connectivity index (χ4n) is 1.17. The fourth-order valence-corrected chi connectivity index (χ4v) is 1.60. The zero-order valence-corrected chi connectivity index (χ0v) is 10.3. The summed E-state index contributed by atoms with van der Waals surface area (Å²) in [5, 5.41) is 0.106. The number of carbonyl (C=O) groups is 1. The van der Waals surface area contributed by atoms with Crippen molar-refractivity contribution in [3.05, 3.63) is 0 Å². The highest BCUT2D eigenvalue weighted by Crippen LogP contribution is 2.40. The van der Waals surface area contributed by atoms with Crippen LogP contribution < -0.4 is 0 Å². The number of alkyl halides is 7. The van der Waals surface area contributed by atoms with Gasteiger partial charge in [0.2, 0.25) is 11.8 Å². The van der Waals surface area contributed by atoms with E-state index < -0.39 is 24.2 Å². The molecule has 9 heteroatoms. The zero-order valence-electron chi connectivity index (χ0n) is 8.70. The van der Waals surface area contributed by atoms with Crippen molar-refractivity contribution in [1.29, 1.82) is 0 Å². The Balaban J connectivity index is 5.14. The summed E-state index contributed by atoms with van der Waals surface area (Å²) in [4.78, 5) is 11.7. The Kier molecular flexibility index (Phi) is 5.76. The van der Waals surface area contributed by atoms with Gasteiger partial charge in [-0.15, -0.1) is 0 Å². The summed E-state index contributed by atoms with van der Waals surface area (Å²) in [6.07, 6.45) is -11.3. The summed E-state index contributed by atoms with van der Waals surface area (Å²) in [6, 6.07) is 0. The van der Waals surface area contributed by atoms with E-state index in [1.165, 1.54) is 6.92 Å². The molecule has 0 rings (SSSR count). The van der Waals surface area contributed by atoms with Gasteiger partial charge in [0.1, 0.15) is 0 Å². The maximum atomic E-state index is 12.2. The maximum absolute atomic E-state index is 12.2. The molecular weight excluding hydrogens is 320 g/mol. The van der Waals surface area contributed by atoms with E-state index in [9.17, 15) is 31.1 Å². The molecule has 0 unspecified atom stereocenters. The zero-order chi connectivity index (χ0) is 13.9. The standard InChI is InChI=1S/C8H10BrF6NO/c1-2-16(4-3-9)6(17)5(7(10,11)12)8(13,14)15/h5H,2-4H2,1H3. The molecule has 0 aromatic heterocycles. The van der Waals surface area contributed by atoms with Gasteiger partial charge in [-0.25, -0.2) is 0 Å². The lowest BCUT2D eigenvalue weighted by Gasteiger charge is -2.28. The minimum Gasteiger partial charge on any atom is -0.341 e. The third-order valence-electron chi connectivity index (χ3n) is 1.95. The SMILES string of the molecule is CCN(CCBr)C(=O)C(C(F)(F)F)C(F)(F)F. The van der Waals surface area contributed by atoms with Crippen LogP contribution in [0.3, 0.4) is 0 Å². The number of carbonyl (C=O) groups excluding carboxylic acids is 1. The lowest BCUT2D eigenvalue weighted by atomic mass is 10.1. The van der Waals surface area contributed by atoms with Gasteiger partial charge >= 0.3 is 12.4 Å². The molecule has 0 aliphatic rings. The molecule has 0 spiro atoms. The van der Waals surface area contributed by atoms with Gasteiger partial charge in [0.05, 0.1) is 0 Å². The van der Waals surface area contributed by atoms with Gasteiger partial charge in [-0.05, 0) is 6.92 Å². The van der Waals surface area contributed by atoms with Crippen LogP contribution in [0.5, 0.6) is 0 Å². The molecule has 0 aromatic carbocycles. The Hall–Kier alpha value is -0.470. The Morgan fingerprint density at radius 2 is 1.59 bits per heavy atom. The van der Waals surface area contributed by atoms with Crippen LogP contribution in [0.4, 0.5) is 26.3 Å². The molecule has 2 nitrogen and oxygen atoms in total. The van der Waals surface area contributed by atoms with Crippen molar-refractivity contribution < 1.29 is 31.1 Å². The predicted molar refractivity (Wildman–Crippen MR) is 51.6 cm³/mol. The first kappa shape index (κ1) is 16.5. The molecule has 0 saturated carbocycles. The number of rotatable bonds is 4. The molecule has 0 bridgehead atoms. The lowest BCUT2D eigenvalue weighted by molar-refractivity contribution is -0.277. The second-order valence-electron chi connectivity index (χ2n) is 3.12. The van der Waals surface area contributed by atoms with Gasteiger partial charge in [0, 0.05) is 18.4 Å². The van der Waals surface area contributed by atoms with Crippen LogP contribution in [-0.4, -0.2) is 41.6 Å². The summed E-state index contributed by atoms with van der Waals surface area (Å²) < 4.78 is 73.3. The summed E-state index contributed by atoms with van der Waals surface area (Å²) >= 11 is 2.85. The van der Waals surface area contributed by atoms with E-state index >= 15 is 0 Å². The second kappa shape index (κ2) is 5.92. The lowest BCUT2D eigenvalue weighted by Crippen LogP contribution is -2.50. The Labute approximate surface area is 102 Å². The van der Waals surface area contributed by atoms with E-state index in [-0.39, 0.29) is 18.4 Å². The Morgan fingerprint density at radius 1 is 1.18 bits per heavy atom. The maximum Gasteiger partial charge on any atom is 0.409 e. The van der Waals surface area contributed by atoms with Crippen molar-refractivity contribution in [2.45, 2.75) is 19.3 Å². The summed E-state index contributed by atoms with van der Waals surface area (Å²) in [5.74, 6) is -5.92. The first-order valence-corrected chi connectivity index (χ1v) is 5.66. The average Bonchev–Trinajstić information content (AvgIpc) is 2.08. The van der Waals surface area contributed by atoms with Crippen LogP contribution in [0, 0.1) is 5.92 Å². The average molecular weight is 330 g/mol. The molecule has 17 heavy (non-hydrogen) atoms. The van der Waals surface area contributed by atoms with E-state index in [0.717, 1.165) is 0 Å². The largest absolute Gasteiger partial charge is 0.409 e. The van der Waals surface area contributed by atoms with Gasteiger partial charge in [-0.3, -0.25) is 4.79 Å². The fraction of sp³-hybridized carbons (Fsp3) is 0.875. The van der Waals surface area contributed by atoms with Gasteiger partial charge < -0.3 is 4.90 Å². The topological polar surface area (TPSA) is 20.3 Å². The molecule has 102 valence electrons. The Bertz CT molecular complexity index is 250. The molecule has 0 fully saturated rings. The molecule has 0 aliphatic carbocycles. The van der Waals surface area contributed by atoms with E-state index in [2.05, 4.69) is 15.9 Å². The normalized spacial score (nSPS) is 13.0. The first-order valence-electron chi connectivity index (χ1n) is 4.53. The van der Waals surface area contributed by atoms with E-state index in [1.807, 2.05) is 0 Å². The number of amides is 1. The minimum absolute atomic E-state index is 0.106. The predicted octanol–water partition coefficient (Wildman–Crippen LogP) is 2.97. The van der Waals surface area contributed by atoms with Crippen molar-refractivity contribution in [3.8, 4) is 0 Å². The van der Waals surface area contributed by atoms with Crippen LogP contribution in [0.15, 0.2) is 0 Å². The van der Waals surface area contributed by atoms with Crippen LogP contribution in [0.2, 0.25) is 0 Å². The summed E-state index contributed by atoms with van der Waals surface area (Å²) in [6.45, 7) is 0.884. The number of hydrogen-bond acceptors (Lipinski definition) is 1. The number of halogens is 7. The molecule has 1 amide bonds. The van der Waals surface area contributed by atoms with Crippen LogP contribution in [-0.2, 0) is 4.79 Å². The van der Waals surface area contributed by atoms with Crippen molar-refractivity contribution in [3.63, 3.8) is 0 Å². The van der Waals surface area contributed by atoms with Gasteiger partial charge in [0.25, 0.3) is 0 Å². The van der Waals surface area contributed by atoms with Crippen molar-refractivity contribution in [1.82, 2.24) is 4.90 Å². The quantitative estimate of drug-likeness (QED) is 0.573. The molecule has 0 radical (unpaired) electrons. The number of hydrogen-bond donors (Lipinski definition) is 0. The van der Waals surface area contributed by atoms with Gasteiger partial charge in [0.15, 0.2) is 0 Å². The van der Waals surface area contributed by atoms with Crippen molar-refractivity contribution in [2.24, 2.45) is 5.92 Å². The third kappa shape index (κ3) is 4.72. The molecule has 0 saturated heterocycles. The molecule has 0 aromatic rings.